The van der Waals surface area contributed by atoms with Crippen molar-refractivity contribution in [2.45, 2.75) is 38.1 Å². The molecule has 0 saturated carbocycles. The van der Waals surface area contributed by atoms with E-state index in [0.29, 0.717) is 6.42 Å². The third-order valence-corrected chi connectivity index (χ3v) is 8.09. The largest absolute Gasteiger partial charge is 0.286 e. The summed E-state index contributed by atoms with van der Waals surface area (Å²) in [6.07, 6.45) is 0.492. The maximum atomic E-state index is 11.1. The maximum Gasteiger partial charge on any atom is 0.265 e. The fraction of sp³-hybridized carbons (Fsp3) is 0.529. The second kappa shape index (κ2) is 4.36. The highest BCUT2D eigenvalue weighted by Crippen LogP contribution is 2.67. The van der Waals surface area contributed by atoms with Gasteiger partial charge < -0.3 is 0 Å². The van der Waals surface area contributed by atoms with Crippen LogP contribution in [-0.2, 0) is 15.5 Å². The summed E-state index contributed by atoms with van der Waals surface area (Å²) < 4.78 is 33.3. The van der Waals surface area contributed by atoms with Crippen LogP contribution < -0.4 is 4.48 Å². The third-order valence-electron chi connectivity index (χ3n) is 6.41. The van der Waals surface area contributed by atoms with Gasteiger partial charge in [0.15, 0.2) is 5.54 Å². The van der Waals surface area contributed by atoms with E-state index in [-0.39, 0.29) is 16.7 Å². The molecule has 2 aliphatic rings. The van der Waals surface area contributed by atoms with Gasteiger partial charge in [-0.15, -0.1) is 11.3 Å². The normalized spacial score (nSPS) is 31.1. The number of benzene rings is 1. The van der Waals surface area contributed by atoms with Gasteiger partial charge in [0, 0.05) is 28.1 Å². The van der Waals surface area contributed by atoms with Crippen molar-refractivity contribution in [3.63, 3.8) is 0 Å². The number of hydrogen-bond acceptors (Lipinski definition) is 3. The topological polar surface area (TPSA) is 54.4 Å². The van der Waals surface area contributed by atoms with E-state index in [4.69, 9.17) is 4.55 Å². The number of fused-ring (bicyclic) bond motifs is 5. The van der Waals surface area contributed by atoms with Crippen molar-refractivity contribution in [1.82, 2.24) is 4.48 Å². The Labute approximate surface area is 141 Å². The Morgan fingerprint density at radius 1 is 1.26 bits per heavy atom. The van der Waals surface area contributed by atoms with Crippen LogP contribution in [0.1, 0.15) is 32.8 Å². The van der Waals surface area contributed by atoms with Crippen molar-refractivity contribution in [2.75, 3.05) is 18.8 Å². The molecule has 0 bridgehead atoms. The zero-order valence-corrected chi connectivity index (χ0v) is 15.3. The Balaban J connectivity index is 1.80. The van der Waals surface area contributed by atoms with Crippen LogP contribution in [0.25, 0.3) is 10.1 Å². The van der Waals surface area contributed by atoms with Crippen LogP contribution in [0.2, 0.25) is 0 Å². The monoisotopic (exact) mass is 352 g/mol. The van der Waals surface area contributed by atoms with Crippen LogP contribution in [0.5, 0.6) is 0 Å². The van der Waals surface area contributed by atoms with Gasteiger partial charge in [0.1, 0.15) is 12.2 Å². The van der Waals surface area contributed by atoms with Gasteiger partial charge in [-0.2, -0.15) is 8.42 Å². The molecule has 1 N–H and O–H groups in total. The van der Waals surface area contributed by atoms with Crippen molar-refractivity contribution in [3.8, 4) is 0 Å². The van der Waals surface area contributed by atoms with E-state index < -0.39 is 10.1 Å². The number of quaternary nitrogens is 1. The van der Waals surface area contributed by atoms with Crippen LogP contribution >= 0.6 is 11.3 Å². The van der Waals surface area contributed by atoms with Crippen LogP contribution in [0.3, 0.4) is 0 Å². The molecular weight excluding hydrogens is 330 g/mol. The number of rotatable bonds is 4. The number of hydrogen-bond donors (Lipinski definition) is 1. The fourth-order valence-electron chi connectivity index (χ4n) is 4.85. The molecule has 3 heterocycles. The van der Waals surface area contributed by atoms with E-state index in [9.17, 15) is 8.42 Å². The van der Waals surface area contributed by atoms with Crippen molar-refractivity contribution >= 4 is 37.2 Å². The minimum Gasteiger partial charge on any atom is -0.286 e. The van der Waals surface area contributed by atoms with Crippen LogP contribution in [-0.4, -0.2) is 37.4 Å². The Kier molecular flexibility index (Phi) is 2.95. The van der Waals surface area contributed by atoms with E-state index in [0.717, 1.165) is 17.6 Å². The molecule has 2 aromatic rings. The van der Waals surface area contributed by atoms with Crippen molar-refractivity contribution < 1.29 is 13.0 Å². The van der Waals surface area contributed by atoms with Gasteiger partial charge >= 0.3 is 0 Å². The van der Waals surface area contributed by atoms with Crippen molar-refractivity contribution in [3.05, 3.63) is 29.1 Å². The average Bonchev–Trinajstić information content (AvgIpc) is 2.78. The molecule has 124 valence electrons. The predicted molar refractivity (Wildman–Crippen MR) is 95.8 cm³/mol. The Bertz CT molecular complexity index is 915. The first-order valence-corrected chi connectivity index (χ1v) is 10.4. The molecule has 23 heavy (non-hydrogen) atoms. The zero-order valence-electron chi connectivity index (χ0n) is 13.7. The lowest BCUT2D eigenvalue weighted by Crippen LogP contribution is -2.40. The molecule has 1 saturated heterocycles. The molecule has 4 nitrogen and oxygen atoms in total. The molecular formula is C17H22NO3S2+. The molecule has 2 aliphatic heterocycles. The number of nitrogens with zero attached hydrogens (tertiary/aromatic N) is 1. The van der Waals surface area contributed by atoms with E-state index in [1.165, 1.54) is 21.3 Å². The van der Waals surface area contributed by atoms with Gasteiger partial charge in [0.25, 0.3) is 10.1 Å². The first kappa shape index (κ1) is 15.6. The second-order valence-electron chi connectivity index (χ2n) is 7.68. The highest BCUT2D eigenvalue weighted by molar-refractivity contribution is 7.85. The standard InChI is InChI=1S/C17H21NO3S2/c1-16(2)15-12-7-9-22-14(12)6-5-13(15)18(11-17(16,18)3)8-4-10-23(19,20)21/h5-7,9H,4,8,10-11H2,1-3H3/p+1. The van der Waals surface area contributed by atoms with E-state index in [2.05, 4.69) is 44.4 Å². The molecule has 1 aromatic carbocycles. The zero-order chi connectivity index (χ0) is 16.7. The summed E-state index contributed by atoms with van der Waals surface area (Å²) in [6.45, 7) is 8.77. The van der Waals surface area contributed by atoms with Gasteiger partial charge in [0.05, 0.1) is 17.7 Å². The van der Waals surface area contributed by atoms with E-state index in [1.807, 2.05) is 0 Å². The highest BCUT2D eigenvalue weighted by Gasteiger charge is 2.79. The van der Waals surface area contributed by atoms with Crippen LogP contribution in [0.15, 0.2) is 23.6 Å². The molecule has 0 radical (unpaired) electrons. The van der Waals surface area contributed by atoms with Crippen molar-refractivity contribution in [2.24, 2.45) is 0 Å². The summed E-state index contributed by atoms with van der Waals surface area (Å²) in [7, 11) is -3.88. The lowest BCUT2D eigenvalue weighted by atomic mass is 9.74. The molecule has 2 unspecified atom stereocenters. The molecule has 4 rings (SSSR count). The molecule has 2 atom stereocenters. The van der Waals surface area contributed by atoms with Gasteiger partial charge in [-0.1, -0.05) is 0 Å². The van der Waals surface area contributed by atoms with Gasteiger partial charge in [-0.3, -0.25) is 9.04 Å². The molecule has 6 heteroatoms. The van der Waals surface area contributed by atoms with Crippen molar-refractivity contribution in [1.29, 1.82) is 0 Å². The smallest absolute Gasteiger partial charge is 0.265 e. The summed E-state index contributed by atoms with van der Waals surface area (Å²) in [5, 5.41) is 3.49. The molecule has 0 spiro atoms. The maximum absolute atomic E-state index is 11.1. The Hall–Kier alpha value is -0.950. The summed E-state index contributed by atoms with van der Waals surface area (Å²) >= 11 is 1.77. The molecule has 1 fully saturated rings. The first-order chi connectivity index (χ1) is 10.6. The molecule has 1 aromatic heterocycles. The molecule has 0 aliphatic carbocycles. The highest BCUT2D eigenvalue weighted by atomic mass is 32.2. The van der Waals surface area contributed by atoms with Gasteiger partial charge in [0.2, 0.25) is 0 Å². The summed E-state index contributed by atoms with van der Waals surface area (Å²) in [5.74, 6) is -0.153. The van der Waals surface area contributed by atoms with Crippen LogP contribution in [0.4, 0.5) is 5.69 Å². The summed E-state index contributed by atoms with van der Waals surface area (Å²) in [4.78, 5) is 0. The van der Waals surface area contributed by atoms with E-state index >= 15 is 0 Å². The lowest BCUT2D eigenvalue weighted by molar-refractivity contribution is 0.337. The first-order valence-electron chi connectivity index (χ1n) is 7.96. The predicted octanol–water partition coefficient (Wildman–Crippen LogP) is 3.55. The number of thiophene rings is 1. The minimum absolute atomic E-state index is 0.0566. The fourth-order valence-corrected chi connectivity index (χ4v) is 6.14. The Morgan fingerprint density at radius 3 is 2.70 bits per heavy atom. The SMILES string of the molecule is CC1(C)c2c(ccc3sccc23)[N+]2(CCCS(=O)(=O)O)CC12C. The summed E-state index contributed by atoms with van der Waals surface area (Å²) in [5.41, 5.74) is 2.95. The lowest BCUT2D eigenvalue weighted by Gasteiger charge is -2.24. The summed E-state index contributed by atoms with van der Waals surface area (Å²) in [6, 6.07) is 6.65. The van der Waals surface area contributed by atoms with Crippen LogP contribution in [0, 0.1) is 0 Å². The molecule has 0 amide bonds. The third kappa shape index (κ3) is 1.86. The minimum atomic E-state index is -3.88. The average molecular weight is 353 g/mol. The quantitative estimate of drug-likeness (QED) is 0.520. The van der Waals surface area contributed by atoms with Gasteiger partial charge in [-0.05, 0) is 38.3 Å². The van der Waals surface area contributed by atoms with E-state index in [1.54, 1.807) is 11.3 Å². The van der Waals surface area contributed by atoms with Gasteiger partial charge in [-0.25, -0.2) is 0 Å². The second-order valence-corrected chi connectivity index (χ2v) is 10.2. The Morgan fingerprint density at radius 2 is 2.00 bits per heavy atom.